The highest BCUT2D eigenvalue weighted by atomic mass is 16.4. The molecule has 7 amide bonds. The van der Waals surface area contributed by atoms with Crippen LogP contribution in [-0.4, -0.2) is 93.8 Å². The molecule has 17 nitrogen and oxygen atoms in total. The van der Waals surface area contributed by atoms with Gasteiger partial charge >= 0.3 is 5.97 Å². The maximum atomic E-state index is 13.4. The quantitative estimate of drug-likeness (QED) is 0.0463. The molecule has 2 rings (SSSR count). The van der Waals surface area contributed by atoms with Crippen molar-refractivity contribution in [2.75, 3.05) is 0 Å². The number of unbranched alkanes of at least 4 members (excludes halogenated alkanes) is 11. The summed E-state index contributed by atoms with van der Waals surface area (Å²) in [5.41, 5.74) is 11.7. The molecule has 1 aromatic rings. The first-order valence-electron chi connectivity index (χ1n) is 23.5. The van der Waals surface area contributed by atoms with Crippen LogP contribution >= 0.6 is 0 Å². The summed E-state index contributed by atoms with van der Waals surface area (Å²) in [6.45, 7) is 5.22. The Morgan fingerprint density at radius 1 is 0.609 bits per heavy atom. The molecule has 0 saturated heterocycles. The minimum absolute atomic E-state index is 0.0286. The van der Waals surface area contributed by atoms with E-state index in [0.29, 0.717) is 24.8 Å². The number of hydrogen-bond acceptors (Lipinski definition) is 9. The van der Waals surface area contributed by atoms with Crippen molar-refractivity contribution in [2.24, 2.45) is 23.3 Å². The third-order valence-corrected chi connectivity index (χ3v) is 11.7. The predicted octanol–water partition coefficient (Wildman–Crippen LogP) is 3.57. The summed E-state index contributed by atoms with van der Waals surface area (Å²) < 4.78 is 0. The van der Waals surface area contributed by atoms with E-state index in [1.165, 1.54) is 6.92 Å². The second-order valence-electron chi connectivity index (χ2n) is 17.9. The normalized spacial score (nSPS) is 15.7. The summed E-state index contributed by atoms with van der Waals surface area (Å²) >= 11 is 0. The Morgan fingerprint density at radius 2 is 1.09 bits per heavy atom. The van der Waals surface area contributed by atoms with E-state index in [9.17, 15) is 48.6 Å². The Bertz CT molecular complexity index is 1620. The van der Waals surface area contributed by atoms with Crippen LogP contribution in [0.2, 0.25) is 0 Å². The molecule has 6 atom stereocenters. The maximum absolute atomic E-state index is 13.4. The highest BCUT2D eigenvalue weighted by Gasteiger charge is 2.34. The fraction of sp³-hybridized carbons (Fsp3) is 0.702. The largest absolute Gasteiger partial charge is 0.480 e. The van der Waals surface area contributed by atoms with Crippen LogP contribution in [0.15, 0.2) is 30.3 Å². The van der Waals surface area contributed by atoms with Crippen LogP contribution in [0, 0.1) is 11.8 Å². The van der Waals surface area contributed by atoms with Crippen molar-refractivity contribution in [3.63, 3.8) is 0 Å². The number of carbonyl (C=O) groups is 8. The molecule has 0 bridgehead atoms. The summed E-state index contributed by atoms with van der Waals surface area (Å²) in [6, 6.07) is 3.21. The molecule has 1 aromatic carbocycles. The lowest BCUT2D eigenvalue weighted by atomic mass is 9.83. The SMILES string of the molecule is CC(C)C[C@H](NC(=O)[C@@H](NC(=O)CCCCCCCCCCCCCCC(=O)N[C@@H](CC(N)=O)C(=O)N[C@@H](Cc1ccccc1)C(=O)O)[C@H](C)O)C(=O)N[C@H](C(N)=O)C1CCCCC1. The van der Waals surface area contributed by atoms with Gasteiger partial charge in [-0.1, -0.05) is 128 Å². The van der Waals surface area contributed by atoms with Gasteiger partial charge in [0.05, 0.1) is 12.5 Å². The lowest BCUT2D eigenvalue weighted by Gasteiger charge is -2.31. The third kappa shape index (κ3) is 23.0. The first-order chi connectivity index (χ1) is 30.5. The van der Waals surface area contributed by atoms with Crippen LogP contribution in [0.25, 0.3) is 0 Å². The van der Waals surface area contributed by atoms with Crippen molar-refractivity contribution in [1.82, 2.24) is 26.6 Å². The molecule has 1 saturated carbocycles. The molecule has 17 heteroatoms. The van der Waals surface area contributed by atoms with Crippen molar-refractivity contribution in [3.05, 3.63) is 35.9 Å². The van der Waals surface area contributed by atoms with Gasteiger partial charge in [0.15, 0.2) is 0 Å². The average molecular weight is 900 g/mol. The number of aliphatic hydroxyl groups is 1. The molecular weight excluding hydrogens is 823 g/mol. The molecule has 0 aliphatic heterocycles. The number of carbonyl (C=O) groups excluding carboxylic acids is 7. The number of primary amides is 2. The Labute approximate surface area is 379 Å². The average Bonchev–Trinajstić information content (AvgIpc) is 3.23. The fourth-order valence-corrected chi connectivity index (χ4v) is 8.10. The summed E-state index contributed by atoms with van der Waals surface area (Å²) in [5.74, 6) is -5.42. The number of rotatable bonds is 33. The molecule has 11 N–H and O–H groups in total. The molecule has 64 heavy (non-hydrogen) atoms. The number of nitrogens with one attached hydrogen (secondary N) is 5. The van der Waals surface area contributed by atoms with Crippen molar-refractivity contribution in [1.29, 1.82) is 0 Å². The van der Waals surface area contributed by atoms with E-state index in [1.54, 1.807) is 30.3 Å². The number of nitrogens with two attached hydrogens (primary N) is 2. The van der Waals surface area contributed by atoms with Gasteiger partial charge in [0.25, 0.3) is 0 Å². The Balaban J connectivity index is 1.61. The van der Waals surface area contributed by atoms with Crippen molar-refractivity contribution < 1.29 is 48.6 Å². The summed E-state index contributed by atoms with van der Waals surface area (Å²) in [4.78, 5) is 101. The van der Waals surface area contributed by atoms with Gasteiger partial charge in [-0.05, 0) is 56.4 Å². The van der Waals surface area contributed by atoms with E-state index < -0.39 is 84.1 Å². The fourth-order valence-electron chi connectivity index (χ4n) is 8.10. The second-order valence-corrected chi connectivity index (χ2v) is 17.9. The van der Waals surface area contributed by atoms with Crippen LogP contribution in [0.5, 0.6) is 0 Å². The number of carboxylic acid groups (broad SMARTS) is 1. The third-order valence-electron chi connectivity index (χ3n) is 11.7. The van der Waals surface area contributed by atoms with Gasteiger partial charge in [-0.2, -0.15) is 0 Å². The molecule has 0 aromatic heterocycles. The molecule has 0 heterocycles. The Hall–Kier alpha value is -5.06. The van der Waals surface area contributed by atoms with E-state index in [2.05, 4.69) is 26.6 Å². The lowest BCUT2D eigenvalue weighted by Crippen LogP contribution is -2.59. The summed E-state index contributed by atoms with van der Waals surface area (Å²) in [6.07, 6.45) is 14.8. The van der Waals surface area contributed by atoms with Crippen molar-refractivity contribution in [2.45, 2.75) is 198 Å². The van der Waals surface area contributed by atoms with E-state index in [1.807, 2.05) is 13.8 Å². The lowest BCUT2D eigenvalue weighted by molar-refractivity contribution is -0.142. The van der Waals surface area contributed by atoms with E-state index in [0.717, 1.165) is 96.3 Å². The van der Waals surface area contributed by atoms with Crippen LogP contribution in [0.1, 0.15) is 161 Å². The number of aliphatic hydroxyl groups excluding tert-OH is 1. The highest BCUT2D eigenvalue weighted by Crippen LogP contribution is 2.26. The van der Waals surface area contributed by atoms with Crippen LogP contribution < -0.4 is 38.1 Å². The topological polar surface area (TPSA) is 289 Å². The Morgan fingerprint density at radius 3 is 1.56 bits per heavy atom. The predicted molar refractivity (Wildman–Crippen MR) is 243 cm³/mol. The second kappa shape index (κ2) is 30.9. The first-order valence-corrected chi connectivity index (χ1v) is 23.5. The van der Waals surface area contributed by atoms with Crippen LogP contribution in [-0.2, 0) is 44.8 Å². The summed E-state index contributed by atoms with van der Waals surface area (Å²) in [7, 11) is 0. The molecule has 1 aliphatic rings. The highest BCUT2D eigenvalue weighted by molar-refractivity contribution is 5.95. The van der Waals surface area contributed by atoms with Gasteiger partial charge in [-0.3, -0.25) is 33.6 Å². The molecule has 0 spiro atoms. The van der Waals surface area contributed by atoms with Crippen LogP contribution in [0.3, 0.4) is 0 Å². The molecule has 0 radical (unpaired) electrons. The number of aliphatic carboxylic acids is 1. The van der Waals surface area contributed by atoms with Crippen molar-refractivity contribution >= 4 is 47.3 Å². The number of hydrogen-bond donors (Lipinski definition) is 9. The standard InChI is InChI=1S/C47H77N7O10/c1-31(2)28-35(45(61)54-42(43(49)59)34-24-18-15-19-25-34)51-46(62)41(32(3)55)53-40(58)27-21-13-11-9-7-5-4-6-8-10-12-20-26-39(57)50-36(30-38(48)56)44(60)52-37(47(63)64)29-33-22-16-14-17-23-33/h14,16-17,22-23,31-32,34-37,41-42,55H,4-13,15,18-21,24-30H2,1-3H3,(H2,48,56)(H2,49,59)(H,50,57)(H,51,62)(H,52,60)(H,53,58)(H,54,61)(H,63,64)/t32-,35-,36-,37-,41-,42-/m0/s1. The van der Waals surface area contributed by atoms with Gasteiger partial charge in [0.1, 0.15) is 30.2 Å². The van der Waals surface area contributed by atoms with Gasteiger partial charge in [0, 0.05) is 19.3 Å². The number of carboxylic acids is 1. The smallest absolute Gasteiger partial charge is 0.326 e. The summed E-state index contributed by atoms with van der Waals surface area (Å²) in [5, 5.41) is 33.1. The van der Waals surface area contributed by atoms with E-state index >= 15 is 0 Å². The monoisotopic (exact) mass is 900 g/mol. The van der Waals surface area contributed by atoms with E-state index in [-0.39, 0.29) is 37.0 Å². The zero-order valence-electron chi connectivity index (χ0n) is 38.4. The van der Waals surface area contributed by atoms with Gasteiger partial charge in [0.2, 0.25) is 41.4 Å². The zero-order chi connectivity index (χ0) is 47.4. The van der Waals surface area contributed by atoms with Gasteiger partial charge < -0.3 is 48.3 Å². The molecular formula is C47H77N7O10. The van der Waals surface area contributed by atoms with Crippen LogP contribution in [0.4, 0.5) is 0 Å². The number of amides is 7. The first kappa shape index (κ1) is 55.1. The molecule has 0 unspecified atom stereocenters. The zero-order valence-corrected chi connectivity index (χ0v) is 38.4. The maximum Gasteiger partial charge on any atom is 0.326 e. The Kier molecular flexibility index (Phi) is 26.6. The molecule has 1 aliphatic carbocycles. The molecule has 1 fully saturated rings. The van der Waals surface area contributed by atoms with E-state index in [4.69, 9.17) is 11.5 Å². The van der Waals surface area contributed by atoms with Crippen molar-refractivity contribution in [3.8, 4) is 0 Å². The number of benzene rings is 1. The minimum Gasteiger partial charge on any atom is -0.480 e. The van der Waals surface area contributed by atoms with Gasteiger partial charge in [-0.15, -0.1) is 0 Å². The minimum atomic E-state index is -1.27. The van der Waals surface area contributed by atoms with Gasteiger partial charge in [-0.25, -0.2) is 4.79 Å². The molecule has 360 valence electrons.